The van der Waals surface area contributed by atoms with E-state index in [1.165, 1.54) is 5.56 Å². The van der Waals surface area contributed by atoms with Gasteiger partial charge >= 0.3 is 0 Å². The van der Waals surface area contributed by atoms with E-state index in [1.807, 2.05) is 12.1 Å². The molecule has 1 aliphatic heterocycles. The van der Waals surface area contributed by atoms with Crippen LogP contribution in [0.3, 0.4) is 0 Å². The van der Waals surface area contributed by atoms with E-state index in [0.29, 0.717) is 13.2 Å². The molecule has 18 heavy (non-hydrogen) atoms. The largest absolute Gasteiger partial charge is 0.381 e. The summed E-state index contributed by atoms with van der Waals surface area (Å²) in [5.41, 5.74) is 2.15. The number of carbonyl (C=O) groups excluding carboxylic acids is 1. The Morgan fingerprint density at radius 2 is 2.39 bits per heavy atom. The van der Waals surface area contributed by atoms with Gasteiger partial charge in [-0.25, -0.2) is 0 Å². The van der Waals surface area contributed by atoms with Crippen LogP contribution in [0.4, 0.5) is 5.69 Å². The van der Waals surface area contributed by atoms with Crippen LogP contribution in [0.25, 0.3) is 0 Å². The number of carbonyl (C=O) groups is 1. The lowest BCUT2D eigenvalue weighted by Gasteiger charge is -2.10. The summed E-state index contributed by atoms with van der Waals surface area (Å²) in [5, 5.41) is 3.97. The molecule has 0 saturated carbocycles. The molecule has 1 heterocycles. The smallest absolute Gasteiger partial charge is 0.229 e. The molecule has 1 aliphatic rings. The summed E-state index contributed by atoms with van der Waals surface area (Å²) < 4.78 is 5.23. The maximum Gasteiger partial charge on any atom is 0.229 e. The lowest BCUT2D eigenvalue weighted by molar-refractivity contribution is -0.119. The molecule has 3 nitrogen and oxygen atoms in total. The zero-order valence-corrected chi connectivity index (χ0v) is 11.9. The van der Waals surface area contributed by atoms with E-state index in [4.69, 9.17) is 4.74 Å². The highest BCUT2D eigenvalue weighted by Gasteiger charge is 2.23. The normalized spacial score (nSPS) is 18.8. The van der Waals surface area contributed by atoms with Gasteiger partial charge in [0.25, 0.3) is 0 Å². The van der Waals surface area contributed by atoms with Crippen LogP contribution in [0.5, 0.6) is 0 Å². The Balaban J connectivity index is 1.93. The van der Waals surface area contributed by atoms with E-state index < -0.39 is 0 Å². The van der Waals surface area contributed by atoms with Gasteiger partial charge in [-0.1, -0.05) is 28.1 Å². The molecule has 1 unspecified atom stereocenters. The lowest BCUT2D eigenvalue weighted by atomic mass is 10.1. The second-order valence-electron chi connectivity index (χ2n) is 4.54. The Morgan fingerprint density at radius 1 is 1.50 bits per heavy atom. The van der Waals surface area contributed by atoms with Gasteiger partial charge in [-0.2, -0.15) is 0 Å². The quantitative estimate of drug-likeness (QED) is 0.849. The van der Waals surface area contributed by atoms with Crippen molar-refractivity contribution >= 4 is 27.5 Å². The third-order valence-corrected chi connectivity index (χ3v) is 3.65. The van der Waals surface area contributed by atoms with Crippen LogP contribution >= 0.6 is 15.9 Å². The van der Waals surface area contributed by atoms with Gasteiger partial charge in [-0.15, -0.1) is 0 Å². The molecule has 2 rings (SSSR count). The first-order valence-electron chi connectivity index (χ1n) is 6.33. The van der Waals surface area contributed by atoms with Crippen LogP contribution in [-0.4, -0.2) is 24.5 Å². The first kappa shape index (κ1) is 13.6. The van der Waals surface area contributed by atoms with E-state index in [1.54, 1.807) is 0 Å². The third kappa shape index (κ3) is 3.82. The number of nitrogens with one attached hydrogen (secondary N) is 1. The van der Waals surface area contributed by atoms with Gasteiger partial charge in [0, 0.05) is 17.6 Å². The van der Waals surface area contributed by atoms with Crippen molar-refractivity contribution in [2.45, 2.75) is 19.3 Å². The van der Waals surface area contributed by atoms with Gasteiger partial charge in [-0.3, -0.25) is 4.79 Å². The molecule has 1 amide bonds. The number of alkyl halides is 1. The summed E-state index contributed by atoms with van der Waals surface area (Å²) in [6.07, 6.45) is 2.96. The molecule has 1 atom stereocenters. The van der Waals surface area contributed by atoms with E-state index in [-0.39, 0.29) is 11.8 Å². The van der Waals surface area contributed by atoms with Crippen LogP contribution in [0.15, 0.2) is 24.3 Å². The fraction of sp³-hybridized carbons (Fsp3) is 0.500. The minimum Gasteiger partial charge on any atom is -0.381 e. The minimum absolute atomic E-state index is 0.0104. The van der Waals surface area contributed by atoms with Crippen molar-refractivity contribution in [1.82, 2.24) is 0 Å². The molecule has 0 spiro atoms. The second kappa shape index (κ2) is 6.90. The topological polar surface area (TPSA) is 38.3 Å². The number of hydrogen-bond donors (Lipinski definition) is 1. The fourth-order valence-electron chi connectivity index (χ4n) is 2.06. The fourth-order valence-corrected chi connectivity index (χ4v) is 2.34. The Bertz CT molecular complexity index is 403. The molecule has 0 radical (unpaired) electrons. The highest BCUT2D eigenvalue weighted by Crippen LogP contribution is 2.17. The van der Waals surface area contributed by atoms with E-state index in [2.05, 4.69) is 33.4 Å². The molecule has 98 valence electrons. The standard InChI is InChI=1S/C14H18BrNO2/c15-7-2-4-11-3-1-5-13(9-11)16-14(17)12-6-8-18-10-12/h1,3,5,9,12H,2,4,6-8,10H2,(H,16,17). The Kier molecular flexibility index (Phi) is 5.20. The zero-order valence-electron chi connectivity index (χ0n) is 10.3. The molecule has 4 heteroatoms. The Morgan fingerprint density at radius 3 is 3.11 bits per heavy atom. The minimum atomic E-state index is 0.0104. The predicted molar refractivity (Wildman–Crippen MR) is 76.1 cm³/mol. The summed E-state index contributed by atoms with van der Waals surface area (Å²) in [7, 11) is 0. The molecule has 1 fully saturated rings. The zero-order chi connectivity index (χ0) is 12.8. The number of benzene rings is 1. The summed E-state index contributed by atoms with van der Waals surface area (Å²) in [6, 6.07) is 8.07. The van der Waals surface area contributed by atoms with Crippen molar-refractivity contribution in [2.75, 3.05) is 23.9 Å². The van der Waals surface area contributed by atoms with Gasteiger partial charge in [-0.05, 0) is 37.0 Å². The van der Waals surface area contributed by atoms with Crippen molar-refractivity contribution in [1.29, 1.82) is 0 Å². The highest BCUT2D eigenvalue weighted by atomic mass is 79.9. The van der Waals surface area contributed by atoms with Gasteiger partial charge in [0.05, 0.1) is 12.5 Å². The van der Waals surface area contributed by atoms with Crippen molar-refractivity contribution < 1.29 is 9.53 Å². The first-order valence-corrected chi connectivity index (χ1v) is 7.45. The molecular formula is C14H18BrNO2. The molecule has 1 N–H and O–H groups in total. The molecule has 0 bridgehead atoms. The summed E-state index contributed by atoms with van der Waals surface area (Å²) in [5.74, 6) is 0.0846. The van der Waals surface area contributed by atoms with Crippen LogP contribution in [0.2, 0.25) is 0 Å². The monoisotopic (exact) mass is 311 g/mol. The number of anilines is 1. The number of amides is 1. The van der Waals surface area contributed by atoms with E-state index in [0.717, 1.165) is 30.3 Å². The number of rotatable bonds is 5. The van der Waals surface area contributed by atoms with Crippen molar-refractivity contribution in [3.8, 4) is 0 Å². The molecule has 1 saturated heterocycles. The summed E-state index contributed by atoms with van der Waals surface area (Å²) >= 11 is 3.43. The van der Waals surface area contributed by atoms with Crippen LogP contribution in [0.1, 0.15) is 18.4 Å². The highest BCUT2D eigenvalue weighted by molar-refractivity contribution is 9.09. The second-order valence-corrected chi connectivity index (χ2v) is 5.34. The van der Waals surface area contributed by atoms with Crippen molar-refractivity contribution in [3.63, 3.8) is 0 Å². The third-order valence-electron chi connectivity index (χ3n) is 3.09. The number of hydrogen-bond acceptors (Lipinski definition) is 2. The van der Waals surface area contributed by atoms with Gasteiger partial charge in [0.15, 0.2) is 0 Å². The van der Waals surface area contributed by atoms with Crippen LogP contribution in [-0.2, 0) is 16.0 Å². The SMILES string of the molecule is O=C(Nc1cccc(CCCBr)c1)C1CCOC1. The van der Waals surface area contributed by atoms with Gasteiger partial charge in [0.2, 0.25) is 5.91 Å². The maximum atomic E-state index is 11.9. The molecule has 1 aromatic carbocycles. The number of ether oxygens (including phenoxy) is 1. The predicted octanol–water partition coefficient (Wildman–Crippen LogP) is 2.99. The lowest BCUT2D eigenvalue weighted by Crippen LogP contribution is -2.22. The molecule has 1 aromatic rings. The molecular weight excluding hydrogens is 294 g/mol. The van der Waals surface area contributed by atoms with Gasteiger partial charge < -0.3 is 10.1 Å². The summed E-state index contributed by atoms with van der Waals surface area (Å²) in [4.78, 5) is 11.9. The van der Waals surface area contributed by atoms with Gasteiger partial charge in [0.1, 0.15) is 0 Å². The molecule has 0 aromatic heterocycles. The number of halogens is 1. The molecule has 0 aliphatic carbocycles. The van der Waals surface area contributed by atoms with E-state index in [9.17, 15) is 4.79 Å². The Hall–Kier alpha value is -0.870. The maximum absolute atomic E-state index is 11.9. The van der Waals surface area contributed by atoms with E-state index >= 15 is 0 Å². The van der Waals surface area contributed by atoms with Crippen LogP contribution in [0, 0.1) is 5.92 Å². The van der Waals surface area contributed by atoms with Crippen LogP contribution < -0.4 is 5.32 Å². The Labute approximate surface area is 116 Å². The number of aryl methyl sites for hydroxylation is 1. The van der Waals surface area contributed by atoms with Crippen molar-refractivity contribution in [3.05, 3.63) is 29.8 Å². The summed E-state index contributed by atoms with van der Waals surface area (Å²) in [6.45, 7) is 1.25. The first-order chi connectivity index (χ1) is 8.79. The average Bonchev–Trinajstić information content (AvgIpc) is 2.91. The average molecular weight is 312 g/mol. The van der Waals surface area contributed by atoms with Crippen molar-refractivity contribution in [2.24, 2.45) is 5.92 Å².